The van der Waals surface area contributed by atoms with Gasteiger partial charge in [0, 0.05) is 21.3 Å². The van der Waals surface area contributed by atoms with E-state index >= 15 is 0 Å². The molecule has 1 fully saturated rings. The summed E-state index contributed by atoms with van der Waals surface area (Å²) < 4.78 is 27.5. The Kier molecular flexibility index (Phi) is 6.08. The van der Waals surface area contributed by atoms with Crippen LogP contribution in [-0.2, 0) is 23.7 Å². The molecule has 1 saturated heterocycles. The Morgan fingerprint density at radius 2 is 1.65 bits per heavy atom. The van der Waals surface area contributed by atoms with Crippen molar-refractivity contribution in [1.82, 2.24) is 0 Å². The lowest BCUT2D eigenvalue weighted by Crippen LogP contribution is -2.59. The van der Waals surface area contributed by atoms with Crippen LogP contribution < -0.4 is 0 Å². The second-order valence-electron chi connectivity index (χ2n) is 3.93. The van der Waals surface area contributed by atoms with E-state index < -0.39 is 6.29 Å². The van der Waals surface area contributed by atoms with Gasteiger partial charge in [0.1, 0.15) is 18.3 Å². The molecule has 1 aliphatic heterocycles. The highest BCUT2D eigenvalue weighted by molar-refractivity contribution is 4.90. The smallest absolute Gasteiger partial charge is 0.187 e. The van der Waals surface area contributed by atoms with Gasteiger partial charge in [-0.1, -0.05) is 6.08 Å². The van der Waals surface area contributed by atoms with Gasteiger partial charge in [-0.15, -0.1) is 6.58 Å². The number of hydrogen-bond acceptors (Lipinski definition) is 5. The van der Waals surface area contributed by atoms with E-state index in [4.69, 9.17) is 23.7 Å². The maximum absolute atomic E-state index is 5.73. The number of hydrogen-bond donors (Lipinski definition) is 0. The summed E-state index contributed by atoms with van der Waals surface area (Å²) in [5.74, 6) is 0. The van der Waals surface area contributed by atoms with Crippen molar-refractivity contribution in [3.8, 4) is 0 Å². The summed E-state index contributed by atoms with van der Waals surface area (Å²) in [7, 11) is 4.87. The summed E-state index contributed by atoms with van der Waals surface area (Å²) in [4.78, 5) is 0. The van der Waals surface area contributed by atoms with E-state index in [0.717, 1.165) is 0 Å². The summed E-state index contributed by atoms with van der Waals surface area (Å²) in [5.41, 5.74) is 0. The molecule has 0 radical (unpaired) electrons. The third kappa shape index (κ3) is 3.26. The van der Waals surface area contributed by atoms with Gasteiger partial charge in [-0.25, -0.2) is 0 Å². The van der Waals surface area contributed by atoms with Gasteiger partial charge in [0.2, 0.25) is 0 Å². The first kappa shape index (κ1) is 14.6. The monoisotopic (exact) mass is 246 g/mol. The van der Waals surface area contributed by atoms with Crippen molar-refractivity contribution in [3.05, 3.63) is 12.7 Å². The third-order valence-corrected chi connectivity index (χ3v) is 2.92. The minimum Gasteiger partial charge on any atom is -0.376 e. The fraction of sp³-hybridized carbons (Fsp3) is 0.833. The molecule has 5 atom stereocenters. The molecule has 17 heavy (non-hydrogen) atoms. The summed E-state index contributed by atoms with van der Waals surface area (Å²) in [6, 6.07) is 0. The molecule has 0 aliphatic carbocycles. The van der Waals surface area contributed by atoms with Gasteiger partial charge in [0.25, 0.3) is 0 Å². The first-order chi connectivity index (χ1) is 8.19. The van der Waals surface area contributed by atoms with E-state index in [1.54, 1.807) is 27.4 Å². The molecule has 5 heteroatoms. The van der Waals surface area contributed by atoms with E-state index in [-0.39, 0.29) is 24.4 Å². The van der Waals surface area contributed by atoms with Crippen molar-refractivity contribution < 1.29 is 23.7 Å². The van der Waals surface area contributed by atoms with Crippen LogP contribution in [0.3, 0.4) is 0 Å². The molecule has 0 aromatic heterocycles. The molecule has 0 N–H and O–H groups in total. The molecule has 1 rings (SSSR count). The average Bonchev–Trinajstić information content (AvgIpc) is 2.35. The Labute approximate surface area is 103 Å². The van der Waals surface area contributed by atoms with Gasteiger partial charge in [-0.2, -0.15) is 0 Å². The summed E-state index contributed by atoms with van der Waals surface area (Å²) in [6.45, 7) is 5.94. The van der Waals surface area contributed by atoms with Crippen molar-refractivity contribution in [2.75, 3.05) is 27.9 Å². The van der Waals surface area contributed by atoms with Gasteiger partial charge in [0.05, 0.1) is 12.7 Å². The van der Waals surface area contributed by atoms with E-state index in [0.29, 0.717) is 6.61 Å². The van der Waals surface area contributed by atoms with Crippen LogP contribution >= 0.6 is 0 Å². The zero-order valence-corrected chi connectivity index (χ0v) is 10.9. The lowest BCUT2D eigenvalue weighted by atomic mass is 9.99. The molecule has 0 aromatic carbocycles. The van der Waals surface area contributed by atoms with Gasteiger partial charge in [-0.3, -0.25) is 0 Å². The highest BCUT2D eigenvalue weighted by atomic mass is 16.7. The maximum Gasteiger partial charge on any atom is 0.187 e. The average molecular weight is 246 g/mol. The predicted octanol–water partition coefficient (Wildman–Crippen LogP) is 0.979. The van der Waals surface area contributed by atoms with Gasteiger partial charge in [0.15, 0.2) is 6.29 Å². The largest absolute Gasteiger partial charge is 0.376 e. The second kappa shape index (κ2) is 7.08. The number of ether oxygens (including phenoxy) is 5. The predicted molar refractivity (Wildman–Crippen MR) is 62.9 cm³/mol. The van der Waals surface area contributed by atoms with Crippen LogP contribution in [0.25, 0.3) is 0 Å². The lowest BCUT2D eigenvalue weighted by molar-refractivity contribution is -0.302. The van der Waals surface area contributed by atoms with E-state index in [1.807, 2.05) is 6.92 Å². The van der Waals surface area contributed by atoms with Crippen LogP contribution in [0.2, 0.25) is 0 Å². The SMILES string of the molecule is C=CCO[C@H]1O[C@@H](C)[C@H](OC)[C@@H](OC)[C@H]1OC. The standard InChI is InChI=1S/C12H22O5/c1-6-7-16-12-11(15-5)10(14-4)9(13-3)8(2)17-12/h6,8-12H,1,7H2,2-5H3/t8-,9-,10+,11+,12-/m0/s1. The Morgan fingerprint density at radius 3 is 2.12 bits per heavy atom. The molecule has 1 aliphatic rings. The normalized spacial score (nSPS) is 38.0. The highest BCUT2D eigenvalue weighted by Crippen LogP contribution is 2.27. The first-order valence-corrected chi connectivity index (χ1v) is 5.65. The first-order valence-electron chi connectivity index (χ1n) is 5.65. The second-order valence-corrected chi connectivity index (χ2v) is 3.93. The van der Waals surface area contributed by atoms with Crippen LogP contribution in [0.4, 0.5) is 0 Å². The third-order valence-electron chi connectivity index (χ3n) is 2.92. The van der Waals surface area contributed by atoms with E-state index in [1.165, 1.54) is 0 Å². The zero-order chi connectivity index (χ0) is 12.8. The Bertz CT molecular complexity index is 233. The van der Waals surface area contributed by atoms with Crippen LogP contribution in [0, 0.1) is 0 Å². The van der Waals surface area contributed by atoms with E-state index in [9.17, 15) is 0 Å². The molecular weight excluding hydrogens is 224 g/mol. The highest BCUT2D eigenvalue weighted by Gasteiger charge is 2.45. The molecule has 1 heterocycles. The molecule has 0 aromatic rings. The van der Waals surface area contributed by atoms with Crippen molar-refractivity contribution in [2.24, 2.45) is 0 Å². The summed E-state index contributed by atoms with van der Waals surface area (Å²) in [5, 5.41) is 0. The van der Waals surface area contributed by atoms with E-state index in [2.05, 4.69) is 6.58 Å². The summed E-state index contributed by atoms with van der Waals surface area (Å²) in [6.07, 6.45) is 0.374. The lowest BCUT2D eigenvalue weighted by Gasteiger charge is -2.43. The Balaban J connectivity index is 2.77. The van der Waals surface area contributed by atoms with Gasteiger partial charge < -0.3 is 23.7 Å². The molecule has 0 bridgehead atoms. The molecule has 0 amide bonds. The van der Waals surface area contributed by atoms with Crippen molar-refractivity contribution in [2.45, 2.75) is 37.6 Å². The fourth-order valence-electron chi connectivity index (χ4n) is 2.11. The molecule has 0 saturated carbocycles. The molecule has 0 unspecified atom stereocenters. The fourth-order valence-corrected chi connectivity index (χ4v) is 2.11. The van der Waals surface area contributed by atoms with Crippen LogP contribution in [0.5, 0.6) is 0 Å². The summed E-state index contributed by atoms with van der Waals surface area (Å²) >= 11 is 0. The maximum atomic E-state index is 5.73. The van der Waals surface area contributed by atoms with Crippen LogP contribution in [0.1, 0.15) is 6.92 Å². The van der Waals surface area contributed by atoms with Crippen LogP contribution in [0.15, 0.2) is 12.7 Å². The zero-order valence-electron chi connectivity index (χ0n) is 10.9. The van der Waals surface area contributed by atoms with Crippen molar-refractivity contribution in [1.29, 1.82) is 0 Å². The minimum absolute atomic E-state index is 0.119. The quantitative estimate of drug-likeness (QED) is 0.654. The number of methoxy groups -OCH3 is 3. The van der Waals surface area contributed by atoms with Crippen molar-refractivity contribution in [3.63, 3.8) is 0 Å². The minimum atomic E-state index is -0.468. The van der Waals surface area contributed by atoms with Gasteiger partial charge >= 0.3 is 0 Å². The number of rotatable bonds is 6. The van der Waals surface area contributed by atoms with Crippen molar-refractivity contribution >= 4 is 0 Å². The molecule has 5 nitrogen and oxygen atoms in total. The van der Waals surface area contributed by atoms with Gasteiger partial charge in [-0.05, 0) is 6.92 Å². The Morgan fingerprint density at radius 1 is 1.06 bits per heavy atom. The molecule has 100 valence electrons. The molecule has 0 spiro atoms. The van der Waals surface area contributed by atoms with Crippen LogP contribution in [-0.4, -0.2) is 58.6 Å². The molecular formula is C12H22O5. The topological polar surface area (TPSA) is 46.2 Å². The Hall–Kier alpha value is -0.460.